The van der Waals surface area contributed by atoms with Crippen LogP contribution in [0.5, 0.6) is 5.75 Å². The monoisotopic (exact) mass is 291 g/mol. The number of phenols is 1. The summed E-state index contributed by atoms with van der Waals surface area (Å²) in [5.41, 5.74) is 2.33. The number of carbonyl (C=O) groups is 1. The third kappa shape index (κ3) is 3.18. The lowest BCUT2D eigenvalue weighted by Crippen LogP contribution is -2.17. The van der Waals surface area contributed by atoms with Crippen LogP contribution in [0.3, 0.4) is 0 Å². The van der Waals surface area contributed by atoms with E-state index in [0.29, 0.717) is 4.88 Å². The molecule has 7 nitrogen and oxygen atoms in total. The van der Waals surface area contributed by atoms with Crippen molar-refractivity contribution < 1.29 is 14.8 Å². The van der Waals surface area contributed by atoms with Gasteiger partial charge < -0.3 is 5.11 Å². The number of nitrogens with zero attached hydrogens (tertiary/aromatic N) is 2. The number of rotatable bonds is 4. The summed E-state index contributed by atoms with van der Waals surface area (Å²) in [6.45, 7) is 0. The number of hydrogen-bond acceptors (Lipinski definition) is 6. The molecule has 2 rings (SSSR count). The molecule has 2 N–H and O–H groups in total. The topological polar surface area (TPSA) is 105 Å². The maximum absolute atomic E-state index is 11.7. The van der Waals surface area contributed by atoms with Gasteiger partial charge in [-0.1, -0.05) is 23.5 Å². The highest BCUT2D eigenvalue weighted by Gasteiger charge is 2.10. The number of nitrogens with one attached hydrogen (secondary N) is 1. The molecule has 0 bridgehead atoms. The molecule has 0 atom stereocenters. The Hall–Kier alpha value is -2.74. The van der Waals surface area contributed by atoms with E-state index in [2.05, 4.69) is 10.5 Å². The Kier molecular flexibility index (Phi) is 4.06. The summed E-state index contributed by atoms with van der Waals surface area (Å²) >= 11 is 0.943. The smallest absolute Gasteiger partial charge is 0.324 e. The van der Waals surface area contributed by atoms with Crippen molar-refractivity contribution >= 4 is 28.5 Å². The zero-order chi connectivity index (χ0) is 14.5. The number of carbonyl (C=O) groups excluding carboxylic acids is 1. The zero-order valence-electron chi connectivity index (χ0n) is 10.0. The Balaban J connectivity index is 2.01. The summed E-state index contributed by atoms with van der Waals surface area (Å²) in [6.07, 6.45) is 1.30. The molecule has 1 aromatic heterocycles. The van der Waals surface area contributed by atoms with Crippen molar-refractivity contribution in [3.63, 3.8) is 0 Å². The van der Waals surface area contributed by atoms with Crippen LogP contribution in [0.1, 0.15) is 15.2 Å². The van der Waals surface area contributed by atoms with Crippen molar-refractivity contribution in [2.45, 2.75) is 0 Å². The molecule has 0 unspecified atom stereocenters. The summed E-state index contributed by atoms with van der Waals surface area (Å²) in [5.74, 6) is -0.711. The summed E-state index contributed by atoms with van der Waals surface area (Å²) in [6, 6.07) is 8.94. The van der Waals surface area contributed by atoms with E-state index in [-0.39, 0.29) is 16.3 Å². The molecule has 102 valence electrons. The number of thiophene rings is 1. The molecule has 20 heavy (non-hydrogen) atoms. The van der Waals surface area contributed by atoms with Gasteiger partial charge in [0.1, 0.15) is 5.75 Å². The third-order valence-corrected chi connectivity index (χ3v) is 3.27. The molecular formula is C12H9N3O4S. The molecule has 0 spiro atoms. The van der Waals surface area contributed by atoms with Crippen LogP contribution in [0, 0.1) is 10.1 Å². The van der Waals surface area contributed by atoms with E-state index < -0.39 is 10.8 Å². The fourth-order valence-corrected chi connectivity index (χ4v) is 2.08. The Morgan fingerprint density at radius 1 is 1.35 bits per heavy atom. The molecule has 0 fully saturated rings. The Morgan fingerprint density at radius 3 is 2.75 bits per heavy atom. The second-order valence-electron chi connectivity index (χ2n) is 3.65. The van der Waals surface area contributed by atoms with Crippen molar-refractivity contribution in [1.82, 2.24) is 5.43 Å². The van der Waals surface area contributed by atoms with Crippen molar-refractivity contribution in [1.29, 1.82) is 0 Å². The van der Waals surface area contributed by atoms with Crippen LogP contribution in [0.25, 0.3) is 0 Å². The molecule has 0 saturated heterocycles. The summed E-state index contributed by atoms with van der Waals surface area (Å²) in [7, 11) is 0. The lowest BCUT2D eigenvalue weighted by atomic mass is 10.2. The number of phenolic OH excluding ortho intramolecular Hbond substituents is 1. The van der Waals surface area contributed by atoms with Gasteiger partial charge in [-0.15, -0.1) is 0 Å². The lowest BCUT2D eigenvalue weighted by Gasteiger charge is -2.01. The molecule has 0 aliphatic rings. The molecule has 1 amide bonds. The first-order valence-electron chi connectivity index (χ1n) is 5.43. The SMILES string of the molecule is O=C(N/N=C/c1ccc([N+](=O)[O-])s1)c1ccccc1O. The Labute approximate surface area is 117 Å². The largest absolute Gasteiger partial charge is 0.507 e. The van der Waals surface area contributed by atoms with Crippen LogP contribution in [0.4, 0.5) is 5.00 Å². The molecule has 8 heteroatoms. The normalized spacial score (nSPS) is 10.6. The van der Waals surface area contributed by atoms with Crippen molar-refractivity contribution in [3.8, 4) is 5.75 Å². The number of amides is 1. The fourth-order valence-electron chi connectivity index (χ4n) is 1.39. The van der Waals surface area contributed by atoms with Crippen LogP contribution in [0.2, 0.25) is 0 Å². The predicted octanol–water partition coefficient (Wildman–Crippen LogP) is 2.13. The highest BCUT2D eigenvalue weighted by Crippen LogP contribution is 2.22. The van der Waals surface area contributed by atoms with Gasteiger partial charge in [-0.05, 0) is 18.2 Å². The highest BCUT2D eigenvalue weighted by atomic mass is 32.1. The first-order chi connectivity index (χ1) is 9.58. The van der Waals surface area contributed by atoms with Gasteiger partial charge in [-0.3, -0.25) is 14.9 Å². The lowest BCUT2D eigenvalue weighted by molar-refractivity contribution is -0.380. The van der Waals surface area contributed by atoms with Crippen molar-refractivity contribution in [2.75, 3.05) is 0 Å². The number of hydrogen-bond donors (Lipinski definition) is 2. The van der Waals surface area contributed by atoms with E-state index in [4.69, 9.17) is 0 Å². The minimum Gasteiger partial charge on any atom is -0.507 e. The number of benzene rings is 1. The zero-order valence-corrected chi connectivity index (χ0v) is 10.8. The molecule has 0 aliphatic heterocycles. The maximum Gasteiger partial charge on any atom is 0.324 e. The number of nitro groups is 1. The van der Waals surface area contributed by atoms with Crippen LogP contribution in [-0.4, -0.2) is 22.2 Å². The molecule has 1 heterocycles. The standard InChI is InChI=1S/C12H9N3O4S/c16-10-4-2-1-3-9(10)12(17)14-13-7-8-5-6-11(20-8)15(18)19/h1-7,16H,(H,14,17)/b13-7+. The minimum atomic E-state index is -0.564. The van der Waals surface area contributed by atoms with Crippen molar-refractivity contribution in [3.05, 3.63) is 57.0 Å². The molecule has 2 aromatic rings. The van der Waals surface area contributed by atoms with E-state index in [1.807, 2.05) is 0 Å². The summed E-state index contributed by atoms with van der Waals surface area (Å²) in [4.78, 5) is 22.2. The van der Waals surface area contributed by atoms with E-state index in [0.717, 1.165) is 11.3 Å². The maximum atomic E-state index is 11.7. The number of para-hydroxylation sites is 1. The summed E-state index contributed by atoms with van der Waals surface area (Å²) < 4.78 is 0. The minimum absolute atomic E-state index is 0.00141. The van der Waals surface area contributed by atoms with Gasteiger partial charge in [0.05, 0.1) is 21.6 Å². The van der Waals surface area contributed by atoms with Gasteiger partial charge in [0.15, 0.2) is 0 Å². The van der Waals surface area contributed by atoms with E-state index in [1.165, 1.54) is 30.5 Å². The van der Waals surface area contributed by atoms with Gasteiger partial charge in [-0.25, -0.2) is 5.43 Å². The first-order valence-corrected chi connectivity index (χ1v) is 6.25. The Bertz CT molecular complexity index is 681. The summed E-state index contributed by atoms with van der Waals surface area (Å²) in [5, 5.41) is 23.7. The van der Waals surface area contributed by atoms with Crippen LogP contribution < -0.4 is 5.43 Å². The number of hydrazone groups is 1. The second kappa shape index (κ2) is 5.93. The third-order valence-electron chi connectivity index (χ3n) is 2.30. The Morgan fingerprint density at radius 2 is 2.10 bits per heavy atom. The predicted molar refractivity (Wildman–Crippen MR) is 74.1 cm³/mol. The molecule has 0 saturated carbocycles. The van der Waals surface area contributed by atoms with Gasteiger partial charge in [0.25, 0.3) is 5.91 Å². The molecule has 1 aromatic carbocycles. The van der Waals surface area contributed by atoms with E-state index in [1.54, 1.807) is 12.1 Å². The first kappa shape index (κ1) is 13.7. The van der Waals surface area contributed by atoms with Gasteiger partial charge in [-0.2, -0.15) is 5.10 Å². The average Bonchev–Trinajstić information content (AvgIpc) is 2.88. The fraction of sp³-hybridized carbons (Fsp3) is 0. The van der Waals surface area contributed by atoms with Crippen LogP contribution in [0.15, 0.2) is 41.5 Å². The van der Waals surface area contributed by atoms with Gasteiger partial charge >= 0.3 is 5.00 Å². The van der Waals surface area contributed by atoms with E-state index in [9.17, 15) is 20.0 Å². The molecule has 0 aliphatic carbocycles. The second-order valence-corrected chi connectivity index (χ2v) is 4.74. The highest BCUT2D eigenvalue weighted by molar-refractivity contribution is 7.16. The number of aromatic hydroxyl groups is 1. The van der Waals surface area contributed by atoms with Gasteiger partial charge in [0.2, 0.25) is 0 Å². The van der Waals surface area contributed by atoms with E-state index >= 15 is 0 Å². The molecular weight excluding hydrogens is 282 g/mol. The van der Waals surface area contributed by atoms with Gasteiger partial charge in [0, 0.05) is 6.07 Å². The van der Waals surface area contributed by atoms with Crippen LogP contribution >= 0.6 is 11.3 Å². The quantitative estimate of drug-likeness (QED) is 0.511. The molecule has 0 radical (unpaired) electrons. The average molecular weight is 291 g/mol. The van der Waals surface area contributed by atoms with Crippen LogP contribution in [-0.2, 0) is 0 Å². The van der Waals surface area contributed by atoms with Crippen molar-refractivity contribution in [2.24, 2.45) is 5.10 Å².